The number of carbonyl (C=O) groups excluding carboxylic acids is 1. The van der Waals surface area contributed by atoms with Crippen LogP contribution in [0.15, 0.2) is 12.1 Å². The van der Waals surface area contributed by atoms with Gasteiger partial charge in [0, 0.05) is 12.2 Å². The van der Waals surface area contributed by atoms with Gasteiger partial charge in [-0.15, -0.1) is 0 Å². The summed E-state index contributed by atoms with van der Waals surface area (Å²) in [5.74, 6) is 1.32. The Bertz CT molecular complexity index is 524. The number of anilines is 1. The molecule has 0 bridgehead atoms. The van der Waals surface area contributed by atoms with Gasteiger partial charge >= 0.3 is 0 Å². The van der Waals surface area contributed by atoms with Gasteiger partial charge in [0.2, 0.25) is 0 Å². The average Bonchev–Trinajstić information content (AvgIpc) is 3.25. The second-order valence-corrected chi connectivity index (χ2v) is 6.25. The molecule has 2 aliphatic carbocycles. The van der Waals surface area contributed by atoms with E-state index >= 15 is 0 Å². The molecule has 1 aromatic carbocycles. The highest BCUT2D eigenvalue weighted by molar-refractivity contribution is 5.95. The first-order chi connectivity index (χ1) is 9.56. The van der Waals surface area contributed by atoms with Crippen molar-refractivity contribution in [2.45, 2.75) is 32.6 Å². The number of amides is 1. The maximum atomic E-state index is 14.0. The van der Waals surface area contributed by atoms with Gasteiger partial charge in [-0.05, 0) is 68.1 Å². The number of nitrogens with two attached hydrogens (primary N) is 1. The molecule has 108 valence electrons. The Balaban J connectivity index is 1.66. The van der Waals surface area contributed by atoms with Crippen LogP contribution in [-0.4, -0.2) is 12.5 Å². The summed E-state index contributed by atoms with van der Waals surface area (Å²) in [7, 11) is 0. The number of nitrogen functional groups attached to an aromatic ring is 1. The number of aryl methyl sites for hydroxylation is 1. The number of rotatable bonds is 5. The van der Waals surface area contributed by atoms with Gasteiger partial charge in [-0.25, -0.2) is 4.39 Å². The van der Waals surface area contributed by atoms with E-state index in [1.165, 1.54) is 31.7 Å². The summed E-state index contributed by atoms with van der Waals surface area (Å²) in [6.07, 6.45) is 5.12. The van der Waals surface area contributed by atoms with Crippen molar-refractivity contribution in [1.29, 1.82) is 0 Å². The lowest BCUT2D eigenvalue weighted by Crippen LogP contribution is -2.31. The maximum absolute atomic E-state index is 14.0. The molecule has 3 rings (SSSR count). The molecule has 0 heterocycles. The van der Waals surface area contributed by atoms with Crippen LogP contribution < -0.4 is 11.1 Å². The highest BCUT2D eigenvalue weighted by Gasteiger charge is 2.41. The van der Waals surface area contributed by atoms with E-state index in [0.717, 1.165) is 11.8 Å². The summed E-state index contributed by atoms with van der Waals surface area (Å²) in [4.78, 5) is 12.2. The molecule has 2 aliphatic rings. The quantitative estimate of drug-likeness (QED) is 0.812. The van der Waals surface area contributed by atoms with E-state index in [1.54, 1.807) is 13.0 Å². The zero-order valence-corrected chi connectivity index (χ0v) is 11.8. The fourth-order valence-corrected chi connectivity index (χ4v) is 3.04. The van der Waals surface area contributed by atoms with Gasteiger partial charge in [0.25, 0.3) is 5.91 Å². The Morgan fingerprint density at radius 1 is 1.35 bits per heavy atom. The topological polar surface area (TPSA) is 55.1 Å². The molecule has 0 atom stereocenters. The second-order valence-electron chi connectivity index (χ2n) is 6.25. The van der Waals surface area contributed by atoms with Crippen LogP contribution in [0.4, 0.5) is 10.1 Å². The Hall–Kier alpha value is -1.58. The SMILES string of the molecule is Cc1cc(N)cc(C(=O)NCC(C2CC2)C2CC2)c1F. The van der Waals surface area contributed by atoms with Gasteiger partial charge in [0.1, 0.15) is 5.82 Å². The van der Waals surface area contributed by atoms with Gasteiger partial charge in [-0.1, -0.05) is 0 Å². The number of carbonyl (C=O) groups is 1. The van der Waals surface area contributed by atoms with Crippen molar-refractivity contribution in [3.8, 4) is 0 Å². The number of hydrogen-bond acceptors (Lipinski definition) is 2. The van der Waals surface area contributed by atoms with E-state index in [9.17, 15) is 9.18 Å². The number of halogens is 1. The molecule has 1 aromatic rings. The normalized spacial score (nSPS) is 18.4. The molecular formula is C16H21FN2O. The lowest BCUT2D eigenvalue weighted by molar-refractivity contribution is 0.0939. The summed E-state index contributed by atoms with van der Waals surface area (Å²) in [5.41, 5.74) is 6.59. The lowest BCUT2D eigenvalue weighted by Gasteiger charge is -2.16. The maximum Gasteiger partial charge on any atom is 0.254 e. The second kappa shape index (κ2) is 5.08. The smallest absolute Gasteiger partial charge is 0.254 e. The first-order valence-corrected chi connectivity index (χ1v) is 7.40. The molecule has 20 heavy (non-hydrogen) atoms. The lowest BCUT2D eigenvalue weighted by atomic mass is 9.97. The number of nitrogens with one attached hydrogen (secondary N) is 1. The highest BCUT2D eigenvalue weighted by Crippen LogP contribution is 2.48. The molecule has 1 amide bonds. The molecule has 0 spiro atoms. The zero-order chi connectivity index (χ0) is 14.3. The summed E-state index contributed by atoms with van der Waals surface area (Å²) in [6, 6.07) is 2.96. The molecule has 0 saturated heterocycles. The Kier molecular flexibility index (Phi) is 3.40. The Morgan fingerprint density at radius 3 is 2.50 bits per heavy atom. The van der Waals surface area contributed by atoms with E-state index in [2.05, 4.69) is 5.32 Å². The molecule has 2 fully saturated rings. The monoisotopic (exact) mass is 276 g/mol. The first-order valence-electron chi connectivity index (χ1n) is 7.40. The molecule has 4 heteroatoms. The summed E-state index contributed by atoms with van der Waals surface area (Å²) >= 11 is 0. The third-order valence-electron chi connectivity index (χ3n) is 4.47. The fourth-order valence-electron chi connectivity index (χ4n) is 3.04. The van der Waals surface area contributed by atoms with Crippen molar-refractivity contribution in [2.24, 2.45) is 17.8 Å². The first kappa shape index (κ1) is 13.4. The van der Waals surface area contributed by atoms with Gasteiger partial charge in [-0.2, -0.15) is 0 Å². The molecule has 0 radical (unpaired) electrons. The standard InChI is InChI=1S/C16H21FN2O/c1-9-6-12(18)7-13(15(9)17)16(20)19-8-14(10-2-3-10)11-4-5-11/h6-7,10-11,14H,2-5,8,18H2,1H3,(H,19,20). The van der Waals surface area contributed by atoms with Crippen molar-refractivity contribution in [3.05, 3.63) is 29.1 Å². The molecule has 2 saturated carbocycles. The van der Waals surface area contributed by atoms with Gasteiger partial charge in [0.05, 0.1) is 5.56 Å². The van der Waals surface area contributed by atoms with Crippen LogP contribution in [0.1, 0.15) is 41.6 Å². The third-order valence-corrected chi connectivity index (χ3v) is 4.47. The molecule has 3 N–H and O–H groups in total. The van der Waals surface area contributed by atoms with Crippen LogP contribution in [0.25, 0.3) is 0 Å². The summed E-state index contributed by atoms with van der Waals surface area (Å²) in [6.45, 7) is 2.29. The average molecular weight is 276 g/mol. The van der Waals surface area contributed by atoms with Crippen molar-refractivity contribution < 1.29 is 9.18 Å². The van der Waals surface area contributed by atoms with Crippen molar-refractivity contribution >= 4 is 11.6 Å². The molecule has 0 aromatic heterocycles. The predicted molar refractivity (Wildman–Crippen MR) is 76.8 cm³/mol. The van der Waals surface area contributed by atoms with Crippen LogP contribution in [0.3, 0.4) is 0 Å². The number of benzene rings is 1. The van der Waals surface area contributed by atoms with Crippen molar-refractivity contribution in [1.82, 2.24) is 5.32 Å². The summed E-state index contributed by atoms with van der Waals surface area (Å²) in [5, 5.41) is 2.90. The Morgan fingerprint density at radius 2 is 1.95 bits per heavy atom. The molecule has 3 nitrogen and oxygen atoms in total. The van der Waals surface area contributed by atoms with Crippen LogP contribution in [0.5, 0.6) is 0 Å². The van der Waals surface area contributed by atoms with E-state index in [0.29, 0.717) is 23.7 Å². The Labute approximate surface area is 118 Å². The minimum absolute atomic E-state index is 0.0628. The van der Waals surface area contributed by atoms with E-state index in [-0.39, 0.29) is 11.5 Å². The van der Waals surface area contributed by atoms with Crippen LogP contribution in [0.2, 0.25) is 0 Å². The van der Waals surface area contributed by atoms with E-state index in [4.69, 9.17) is 5.73 Å². The molecule has 0 aliphatic heterocycles. The van der Waals surface area contributed by atoms with Crippen LogP contribution in [-0.2, 0) is 0 Å². The van der Waals surface area contributed by atoms with Crippen LogP contribution >= 0.6 is 0 Å². The van der Waals surface area contributed by atoms with E-state index < -0.39 is 5.82 Å². The zero-order valence-electron chi connectivity index (χ0n) is 11.8. The van der Waals surface area contributed by atoms with Crippen LogP contribution in [0, 0.1) is 30.5 Å². The number of hydrogen-bond donors (Lipinski definition) is 2. The van der Waals surface area contributed by atoms with Gasteiger partial charge < -0.3 is 11.1 Å². The highest BCUT2D eigenvalue weighted by atomic mass is 19.1. The molecular weight excluding hydrogens is 255 g/mol. The third kappa shape index (κ3) is 2.79. The molecule has 0 unspecified atom stereocenters. The predicted octanol–water partition coefficient (Wildman–Crippen LogP) is 2.88. The van der Waals surface area contributed by atoms with Gasteiger partial charge in [-0.3, -0.25) is 4.79 Å². The largest absolute Gasteiger partial charge is 0.399 e. The minimum Gasteiger partial charge on any atom is -0.399 e. The van der Waals surface area contributed by atoms with E-state index in [1.807, 2.05) is 0 Å². The minimum atomic E-state index is -0.467. The van der Waals surface area contributed by atoms with Crippen molar-refractivity contribution in [2.75, 3.05) is 12.3 Å². The van der Waals surface area contributed by atoms with Crippen molar-refractivity contribution in [3.63, 3.8) is 0 Å². The summed E-state index contributed by atoms with van der Waals surface area (Å²) < 4.78 is 14.0. The van der Waals surface area contributed by atoms with Gasteiger partial charge in [0.15, 0.2) is 0 Å². The fraction of sp³-hybridized carbons (Fsp3) is 0.562.